The van der Waals surface area contributed by atoms with Crippen molar-refractivity contribution in [2.75, 3.05) is 13.2 Å². The summed E-state index contributed by atoms with van der Waals surface area (Å²) in [5.41, 5.74) is 1.29. The molecular weight excluding hydrogens is 293 g/mol. The lowest BCUT2D eigenvalue weighted by Gasteiger charge is -2.10. The summed E-state index contributed by atoms with van der Waals surface area (Å²) < 4.78 is 6.03. The molecule has 1 aromatic rings. The summed E-state index contributed by atoms with van der Waals surface area (Å²) in [6.45, 7) is 7.27. The van der Waals surface area contributed by atoms with E-state index in [9.17, 15) is 0 Å². The first-order chi connectivity index (χ1) is 7.60. The van der Waals surface area contributed by atoms with E-state index < -0.39 is 0 Å². The van der Waals surface area contributed by atoms with Crippen molar-refractivity contribution < 1.29 is 9.84 Å². The molecule has 0 aliphatic rings. The molecule has 0 atom stereocenters. The Morgan fingerprint density at radius 2 is 2.25 bits per heavy atom. The lowest BCUT2D eigenvalue weighted by Crippen LogP contribution is -2.02. The Morgan fingerprint density at radius 1 is 1.56 bits per heavy atom. The normalized spacial score (nSPS) is 9.94. The van der Waals surface area contributed by atoms with Crippen molar-refractivity contribution in [1.29, 1.82) is 0 Å². The Labute approximate surface area is 108 Å². The van der Waals surface area contributed by atoms with Gasteiger partial charge in [-0.15, -0.1) is 0 Å². The number of rotatable bonds is 5. The number of aliphatic imine (C=N–C) groups is 1. The van der Waals surface area contributed by atoms with Crippen molar-refractivity contribution in [3.8, 4) is 5.75 Å². The van der Waals surface area contributed by atoms with Crippen LogP contribution in [0.1, 0.15) is 5.56 Å². The smallest absolute Gasteiger partial charge is 0.135 e. The van der Waals surface area contributed by atoms with Crippen LogP contribution in [0.4, 0.5) is 5.69 Å². The highest BCUT2D eigenvalue weighted by Gasteiger charge is 2.09. The molecule has 16 heavy (non-hydrogen) atoms. The summed E-state index contributed by atoms with van der Waals surface area (Å²) in [5, 5.41) is 9.06. The number of aliphatic hydroxyl groups is 1. The maximum absolute atomic E-state index is 8.68. The largest absolute Gasteiger partial charge is 0.490 e. The van der Waals surface area contributed by atoms with Crippen molar-refractivity contribution >= 4 is 45.0 Å². The molecule has 0 aliphatic carbocycles. The number of halogens is 2. The SMILES string of the molecule is C=Nc1cc(OCCO)c(Br)cc1C(=C)Cl. The average Bonchev–Trinajstić information content (AvgIpc) is 2.26. The zero-order valence-corrected chi connectivity index (χ0v) is 10.9. The van der Waals surface area contributed by atoms with Gasteiger partial charge in [-0.05, 0) is 28.7 Å². The van der Waals surface area contributed by atoms with Gasteiger partial charge >= 0.3 is 0 Å². The van der Waals surface area contributed by atoms with Gasteiger partial charge in [0.2, 0.25) is 0 Å². The summed E-state index contributed by atoms with van der Waals surface area (Å²) in [7, 11) is 0. The molecule has 3 nitrogen and oxygen atoms in total. The highest BCUT2D eigenvalue weighted by atomic mass is 79.9. The van der Waals surface area contributed by atoms with Crippen LogP contribution in [0.15, 0.2) is 28.2 Å². The van der Waals surface area contributed by atoms with E-state index in [1.165, 1.54) is 0 Å². The first-order valence-corrected chi connectivity index (χ1v) is 5.66. The molecule has 1 rings (SSSR count). The van der Waals surface area contributed by atoms with Gasteiger partial charge in [0, 0.05) is 16.7 Å². The first-order valence-electron chi connectivity index (χ1n) is 4.49. The third-order valence-electron chi connectivity index (χ3n) is 1.86. The van der Waals surface area contributed by atoms with Gasteiger partial charge in [-0.3, -0.25) is 4.99 Å². The fourth-order valence-electron chi connectivity index (χ4n) is 1.16. The highest BCUT2D eigenvalue weighted by Crippen LogP contribution is 2.37. The van der Waals surface area contributed by atoms with Crippen LogP contribution in [0.5, 0.6) is 5.75 Å². The zero-order valence-electron chi connectivity index (χ0n) is 8.54. The molecule has 0 amide bonds. The molecule has 0 radical (unpaired) electrons. The molecular formula is C11H11BrClNO2. The zero-order chi connectivity index (χ0) is 12.1. The Balaban J connectivity index is 3.15. The van der Waals surface area contributed by atoms with Gasteiger partial charge in [0.05, 0.1) is 16.8 Å². The third kappa shape index (κ3) is 3.07. The number of hydrogen-bond donors (Lipinski definition) is 1. The van der Waals surface area contributed by atoms with Crippen LogP contribution < -0.4 is 4.74 Å². The monoisotopic (exact) mass is 303 g/mol. The maximum atomic E-state index is 8.68. The standard InChI is InChI=1S/C11H11BrClNO2/c1-7(13)8-5-9(12)11(16-4-3-15)6-10(8)14-2/h5-6,15H,1-4H2. The average molecular weight is 305 g/mol. The van der Waals surface area contributed by atoms with E-state index in [1.54, 1.807) is 12.1 Å². The Kier molecular flexibility index (Phi) is 4.99. The molecule has 1 aromatic carbocycles. The van der Waals surface area contributed by atoms with Crippen LogP contribution in [0.2, 0.25) is 0 Å². The number of benzene rings is 1. The van der Waals surface area contributed by atoms with Gasteiger partial charge < -0.3 is 9.84 Å². The maximum Gasteiger partial charge on any atom is 0.135 e. The summed E-state index contributed by atoms with van der Waals surface area (Å²) in [6.07, 6.45) is 0. The lowest BCUT2D eigenvalue weighted by molar-refractivity contribution is 0.200. The predicted molar refractivity (Wildman–Crippen MR) is 70.8 cm³/mol. The van der Waals surface area contributed by atoms with Gasteiger partial charge in [0.25, 0.3) is 0 Å². The van der Waals surface area contributed by atoms with E-state index in [4.69, 9.17) is 21.4 Å². The Bertz CT molecular complexity index is 421. The molecule has 0 unspecified atom stereocenters. The Morgan fingerprint density at radius 3 is 2.75 bits per heavy atom. The minimum absolute atomic E-state index is 0.0484. The van der Waals surface area contributed by atoms with Crippen LogP contribution >= 0.6 is 27.5 Å². The summed E-state index contributed by atoms with van der Waals surface area (Å²) in [6, 6.07) is 3.45. The van der Waals surface area contributed by atoms with Gasteiger partial charge in [0.15, 0.2) is 0 Å². The van der Waals surface area contributed by atoms with Crippen LogP contribution in [0, 0.1) is 0 Å². The van der Waals surface area contributed by atoms with Crippen LogP contribution in [-0.2, 0) is 0 Å². The fourth-order valence-corrected chi connectivity index (χ4v) is 1.77. The van der Waals surface area contributed by atoms with Crippen molar-refractivity contribution in [2.45, 2.75) is 0 Å². The van der Waals surface area contributed by atoms with E-state index in [0.29, 0.717) is 22.0 Å². The lowest BCUT2D eigenvalue weighted by atomic mass is 10.1. The number of aliphatic hydroxyl groups excluding tert-OH is 1. The van der Waals surface area contributed by atoms with Crippen molar-refractivity contribution in [3.05, 3.63) is 28.7 Å². The molecule has 0 saturated carbocycles. The van der Waals surface area contributed by atoms with Crippen LogP contribution in [-0.4, -0.2) is 25.0 Å². The molecule has 1 N–H and O–H groups in total. The molecule has 5 heteroatoms. The quantitative estimate of drug-likeness (QED) is 0.848. The van der Waals surface area contributed by atoms with Crippen LogP contribution in [0.3, 0.4) is 0 Å². The second kappa shape index (κ2) is 6.03. The van der Waals surface area contributed by atoms with Crippen molar-refractivity contribution in [1.82, 2.24) is 0 Å². The van der Waals surface area contributed by atoms with Gasteiger partial charge in [-0.25, -0.2) is 0 Å². The molecule has 0 saturated heterocycles. The van der Waals surface area contributed by atoms with Gasteiger partial charge in [0.1, 0.15) is 12.4 Å². The summed E-state index contributed by atoms with van der Waals surface area (Å²) >= 11 is 9.17. The molecule has 0 aromatic heterocycles. The van der Waals surface area contributed by atoms with Crippen molar-refractivity contribution in [3.63, 3.8) is 0 Å². The van der Waals surface area contributed by atoms with E-state index >= 15 is 0 Å². The molecule has 0 heterocycles. The van der Waals surface area contributed by atoms with E-state index in [1.807, 2.05) is 0 Å². The first kappa shape index (κ1) is 13.2. The Hall–Kier alpha value is -0.840. The third-order valence-corrected chi connectivity index (χ3v) is 2.68. The van der Waals surface area contributed by atoms with E-state index in [-0.39, 0.29) is 13.2 Å². The van der Waals surface area contributed by atoms with Gasteiger partial charge in [-0.2, -0.15) is 0 Å². The molecule has 86 valence electrons. The minimum atomic E-state index is -0.0484. The number of nitrogens with zero attached hydrogens (tertiary/aromatic N) is 1. The summed E-state index contributed by atoms with van der Waals surface area (Å²) in [4.78, 5) is 3.84. The molecule has 0 bridgehead atoms. The fraction of sp³-hybridized carbons (Fsp3) is 0.182. The topological polar surface area (TPSA) is 41.8 Å². The van der Waals surface area contributed by atoms with Crippen molar-refractivity contribution in [2.24, 2.45) is 4.99 Å². The van der Waals surface area contributed by atoms with Crippen LogP contribution in [0.25, 0.3) is 5.03 Å². The van der Waals surface area contributed by atoms with Gasteiger partial charge in [-0.1, -0.05) is 18.2 Å². The predicted octanol–water partition coefficient (Wildman–Crippen LogP) is 3.36. The second-order valence-corrected chi connectivity index (χ2v) is 4.25. The minimum Gasteiger partial charge on any atom is -0.490 e. The number of ether oxygens (including phenoxy) is 1. The van der Waals surface area contributed by atoms with E-state index in [0.717, 1.165) is 4.47 Å². The van der Waals surface area contributed by atoms with E-state index in [2.05, 4.69) is 34.2 Å². The molecule has 0 fully saturated rings. The number of hydrogen-bond acceptors (Lipinski definition) is 3. The molecule has 0 aliphatic heterocycles. The highest BCUT2D eigenvalue weighted by molar-refractivity contribution is 9.10. The summed E-state index contributed by atoms with van der Waals surface area (Å²) in [5.74, 6) is 0.582. The second-order valence-electron chi connectivity index (χ2n) is 2.93. The molecule has 0 spiro atoms.